The van der Waals surface area contributed by atoms with Gasteiger partial charge in [-0.15, -0.1) is 0 Å². The summed E-state index contributed by atoms with van der Waals surface area (Å²) < 4.78 is 0. The number of aromatic nitrogens is 3. The number of carbonyl (C=O) groups excluding carboxylic acids is 1. The van der Waals surface area contributed by atoms with E-state index in [4.69, 9.17) is 0 Å². The lowest BCUT2D eigenvalue weighted by Crippen LogP contribution is -1.98. The standard InChI is InChI=1S/C22H27N3O/c1-3-19(26)10-6-4-5-8-16(2)22-24-15-21(25-22)18-11-12-20-17(14-18)9-7-13-23-20/h7,9,11-16H,3-6,8,10H2,1-2H3,(H,24,25)/t16-/m0/s1. The molecule has 0 aliphatic rings. The summed E-state index contributed by atoms with van der Waals surface area (Å²) in [5, 5.41) is 1.14. The van der Waals surface area contributed by atoms with Crippen molar-refractivity contribution >= 4 is 16.7 Å². The highest BCUT2D eigenvalue weighted by molar-refractivity contribution is 5.83. The third-order valence-electron chi connectivity index (χ3n) is 4.96. The first-order valence-electron chi connectivity index (χ1n) is 9.59. The molecule has 0 aliphatic heterocycles. The van der Waals surface area contributed by atoms with Crippen LogP contribution in [-0.4, -0.2) is 20.7 Å². The van der Waals surface area contributed by atoms with Gasteiger partial charge in [0.25, 0.3) is 0 Å². The SMILES string of the molecule is CCC(=O)CCCCC[C@H](C)c1ncc(-c2ccc3ncccc3c2)[nH]1. The second-order valence-electron chi connectivity index (χ2n) is 6.99. The van der Waals surface area contributed by atoms with E-state index in [1.807, 2.05) is 31.5 Å². The van der Waals surface area contributed by atoms with Crippen LogP contribution in [0.4, 0.5) is 0 Å². The van der Waals surface area contributed by atoms with Gasteiger partial charge in [-0.1, -0.05) is 38.8 Å². The monoisotopic (exact) mass is 349 g/mol. The topological polar surface area (TPSA) is 58.6 Å². The van der Waals surface area contributed by atoms with E-state index in [9.17, 15) is 4.79 Å². The highest BCUT2D eigenvalue weighted by atomic mass is 16.1. The molecule has 0 saturated carbocycles. The van der Waals surface area contributed by atoms with E-state index in [0.29, 0.717) is 18.1 Å². The minimum absolute atomic E-state index is 0.374. The van der Waals surface area contributed by atoms with Crippen LogP contribution in [-0.2, 0) is 4.79 Å². The number of nitrogens with zero attached hydrogens (tertiary/aromatic N) is 2. The van der Waals surface area contributed by atoms with Crippen LogP contribution in [0.5, 0.6) is 0 Å². The molecule has 136 valence electrons. The van der Waals surface area contributed by atoms with E-state index >= 15 is 0 Å². The molecule has 0 radical (unpaired) electrons. The summed E-state index contributed by atoms with van der Waals surface area (Å²) in [6.07, 6.45) is 9.47. The predicted molar refractivity (Wildman–Crippen MR) is 106 cm³/mol. The Kier molecular flexibility index (Phi) is 6.16. The van der Waals surface area contributed by atoms with Crippen LogP contribution in [0.15, 0.2) is 42.7 Å². The first-order chi connectivity index (χ1) is 12.7. The number of pyridine rings is 1. The largest absolute Gasteiger partial charge is 0.342 e. The molecule has 2 heterocycles. The Morgan fingerprint density at radius 3 is 2.88 bits per heavy atom. The van der Waals surface area contributed by atoms with Crippen LogP contribution in [0, 0.1) is 0 Å². The number of ketones is 1. The summed E-state index contributed by atoms with van der Waals surface area (Å²) in [7, 11) is 0. The number of fused-ring (bicyclic) bond motifs is 1. The van der Waals surface area contributed by atoms with Crippen LogP contribution < -0.4 is 0 Å². The number of carbonyl (C=O) groups is 1. The van der Waals surface area contributed by atoms with E-state index in [1.165, 1.54) is 0 Å². The number of unbranched alkanes of at least 4 members (excludes halogenated alkanes) is 2. The summed E-state index contributed by atoms with van der Waals surface area (Å²) in [5.41, 5.74) is 3.19. The van der Waals surface area contributed by atoms with E-state index in [0.717, 1.165) is 60.1 Å². The average Bonchev–Trinajstić information content (AvgIpc) is 3.17. The summed E-state index contributed by atoms with van der Waals surface area (Å²) in [6.45, 7) is 4.15. The van der Waals surface area contributed by atoms with Crippen LogP contribution >= 0.6 is 0 Å². The number of hydrogen-bond donors (Lipinski definition) is 1. The zero-order valence-corrected chi connectivity index (χ0v) is 15.7. The minimum Gasteiger partial charge on any atom is -0.342 e. The Bertz CT molecular complexity index is 868. The Morgan fingerprint density at radius 2 is 2.04 bits per heavy atom. The third kappa shape index (κ3) is 4.57. The Hall–Kier alpha value is -2.49. The number of Topliss-reactive ketones (excluding diaryl/α,β-unsaturated/α-hetero) is 1. The van der Waals surface area contributed by atoms with Gasteiger partial charge < -0.3 is 4.98 Å². The highest BCUT2D eigenvalue weighted by Gasteiger charge is 2.11. The third-order valence-corrected chi connectivity index (χ3v) is 4.96. The van der Waals surface area contributed by atoms with Crippen molar-refractivity contribution in [2.45, 2.75) is 58.3 Å². The van der Waals surface area contributed by atoms with Gasteiger partial charge in [0.1, 0.15) is 11.6 Å². The second-order valence-corrected chi connectivity index (χ2v) is 6.99. The molecule has 0 fully saturated rings. The van der Waals surface area contributed by atoms with E-state index < -0.39 is 0 Å². The molecule has 26 heavy (non-hydrogen) atoms. The van der Waals surface area contributed by atoms with E-state index in [1.54, 1.807) is 0 Å². The van der Waals surface area contributed by atoms with Crippen LogP contribution in [0.2, 0.25) is 0 Å². The van der Waals surface area contributed by atoms with Crippen molar-refractivity contribution in [3.05, 3.63) is 48.5 Å². The van der Waals surface area contributed by atoms with Gasteiger partial charge in [-0.25, -0.2) is 4.98 Å². The molecule has 4 heteroatoms. The molecule has 1 N–H and O–H groups in total. The molecule has 0 spiro atoms. The molecule has 0 saturated heterocycles. The summed E-state index contributed by atoms with van der Waals surface area (Å²) >= 11 is 0. The Labute approximate surface area is 155 Å². The van der Waals surface area contributed by atoms with Crippen molar-refractivity contribution in [3.63, 3.8) is 0 Å². The zero-order chi connectivity index (χ0) is 18.4. The van der Waals surface area contributed by atoms with E-state index in [2.05, 4.69) is 40.1 Å². The predicted octanol–water partition coefficient (Wildman–Crippen LogP) is 5.66. The summed E-state index contributed by atoms with van der Waals surface area (Å²) in [6, 6.07) is 10.3. The lowest BCUT2D eigenvalue weighted by Gasteiger charge is -2.08. The molecule has 0 unspecified atom stereocenters. The minimum atomic E-state index is 0.374. The Balaban J connectivity index is 1.57. The van der Waals surface area contributed by atoms with Crippen molar-refractivity contribution in [3.8, 4) is 11.3 Å². The lowest BCUT2D eigenvalue weighted by atomic mass is 10.0. The maximum absolute atomic E-state index is 11.3. The fourth-order valence-corrected chi connectivity index (χ4v) is 3.24. The van der Waals surface area contributed by atoms with E-state index in [-0.39, 0.29) is 0 Å². The van der Waals surface area contributed by atoms with Crippen molar-refractivity contribution in [2.75, 3.05) is 0 Å². The first-order valence-corrected chi connectivity index (χ1v) is 9.59. The summed E-state index contributed by atoms with van der Waals surface area (Å²) in [5.74, 6) is 1.81. The van der Waals surface area contributed by atoms with Gasteiger partial charge >= 0.3 is 0 Å². The molecule has 3 aromatic rings. The number of hydrogen-bond acceptors (Lipinski definition) is 3. The fourth-order valence-electron chi connectivity index (χ4n) is 3.24. The molecule has 0 aliphatic carbocycles. The van der Waals surface area contributed by atoms with Gasteiger partial charge in [0.2, 0.25) is 0 Å². The highest BCUT2D eigenvalue weighted by Crippen LogP contribution is 2.25. The van der Waals surface area contributed by atoms with Crippen LogP contribution in [0.1, 0.15) is 64.1 Å². The van der Waals surface area contributed by atoms with Crippen LogP contribution in [0.3, 0.4) is 0 Å². The molecule has 3 rings (SSSR count). The number of H-pyrrole nitrogens is 1. The Morgan fingerprint density at radius 1 is 1.15 bits per heavy atom. The molecule has 1 atom stereocenters. The van der Waals surface area contributed by atoms with Crippen molar-refractivity contribution < 1.29 is 4.79 Å². The molecular weight excluding hydrogens is 322 g/mol. The zero-order valence-electron chi connectivity index (χ0n) is 15.7. The number of rotatable bonds is 9. The quantitative estimate of drug-likeness (QED) is 0.507. The smallest absolute Gasteiger partial charge is 0.132 e. The first kappa shape index (κ1) is 18.3. The van der Waals surface area contributed by atoms with Crippen molar-refractivity contribution in [2.24, 2.45) is 0 Å². The average molecular weight is 349 g/mol. The van der Waals surface area contributed by atoms with Crippen molar-refractivity contribution in [1.29, 1.82) is 0 Å². The maximum Gasteiger partial charge on any atom is 0.132 e. The summed E-state index contributed by atoms with van der Waals surface area (Å²) in [4.78, 5) is 23.8. The molecule has 1 aromatic carbocycles. The van der Waals surface area contributed by atoms with Gasteiger partial charge in [-0.3, -0.25) is 9.78 Å². The fraction of sp³-hybridized carbons (Fsp3) is 0.409. The lowest BCUT2D eigenvalue weighted by molar-refractivity contribution is -0.118. The van der Waals surface area contributed by atoms with Gasteiger partial charge in [0.05, 0.1) is 17.4 Å². The molecule has 2 aromatic heterocycles. The molecule has 0 bridgehead atoms. The van der Waals surface area contributed by atoms with Gasteiger partial charge in [-0.05, 0) is 31.0 Å². The van der Waals surface area contributed by atoms with Crippen LogP contribution in [0.25, 0.3) is 22.2 Å². The molecular formula is C22H27N3O. The number of imidazole rings is 1. The normalized spacial score (nSPS) is 12.4. The van der Waals surface area contributed by atoms with Gasteiger partial charge in [0, 0.05) is 35.9 Å². The van der Waals surface area contributed by atoms with Gasteiger partial charge in [0.15, 0.2) is 0 Å². The number of benzene rings is 1. The maximum atomic E-state index is 11.3. The number of aromatic amines is 1. The van der Waals surface area contributed by atoms with Gasteiger partial charge in [-0.2, -0.15) is 0 Å². The molecule has 4 nitrogen and oxygen atoms in total. The molecule has 0 amide bonds. The van der Waals surface area contributed by atoms with Crippen molar-refractivity contribution in [1.82, 2.24) is 15.0 Å². The second kappa shape index (κ2) is 8.75. The number of nitrogens with one attached hydrogen (secondary N) is 1.